The summed E-state index contributed by atoms with van der Waals surface area (Å²) in [5.74, 6) is 1.80. The van der Waals surface area contributed by atoms with Crippen LogP contribution in [0.25, 0.3) is 0 Å². The molecule has 0 amide bonds. The highest BCUT2D eigenvalue weighted by molar-refractivity contribution is 14.1. The van der Waals surface area contributed by atoms with Crippen LogP contribution in [-0.4, -0.2) is 6.54 Å². The number of rotatable bonds is 6. The van der Waals surface area contributed by atoms with Crippen molar-refractivity contribution < 1.29 is 0 Å². The van der Waals surface area contributed by atoms with E-state index in [-0.39, 0.29) is 0 Å². The molecule has 1 fully saturated rings. The standard InChI is InChI=1S/C18H28IN/c1-3-13-20-18(16-9-11-17(19)12-10-16)15-7-5-14(4-2)6-8-15/h9-12,14-15,18,20H,3-8,13H2,1-2H3. The molecule has 1 unspecified atom stereocenters. The van der Waals surface area contributed by atoms with Gasteiger partial charge in [0.25, 0.3) is 0 Å². The zero-order valence-corrected chi connectivity index (χ0v) is 15.0. The van der Waals surface area contributed by atoms with Crippen LogP contribution < -0.4 is 5.32 Å². The molecule has 2 heteroatoms. The predicted octanol–water partition coefficient (Wildman–Crippen LogP) is 5.55. The summed E-state index contributed by atoms with van der Waals surface area (Å²) in [7, 11) is 0. The fourth-order valence-corrected chi connectivity index (χ4v) is 3.82. The summed E-state index contributed by atoms with van der Waals surface area (Å²) in [6.45, 7) is 5.73. The van der Waals surface area contributed by atoms with E-state index >= 15 is 0 Å². The van der Waals surface area contributed by atoms with Gasteiger partial charge in [0.1, 0.15) is 0 Å². The second-order valence-electron chi connectivity index (χ2n) is 6.17. The quantitative estimate of drug-likeness (QED) is 0.634. The zero-order valence-electron chi connectivity index (χ0n) is 12.9. The third kappa shape index (κ3) is 4.45. The molecule has 0 bridgehead atoms. The van der Waals surface area contributed by atoms with Crippen LogP contribution in [0.4, 0.5) is 0 Å². The Balaban J connectivity index is 2.05. The maximum absolute atomic E-state index is 3.81. The Hall–Kier alpha value is -0.0900. The van der Waals surface area contributed by atoms with E-state index < -0.39 is 0 Å². The van der Waals surface area contributed by atoms with Gasteiger partial charge in [0.15, 0.2) is 0 Å². The van der Waals surface area contributed by atoms with Crippen LogP contribution in [0, 0.1) is 15.4 Å². The van der Waals surface area contributed by atoms with Gasteiger partial charge in [0.05, 0.1) is 0 Å². The molecule has 1 atom stereocenters. The summed E-state index contributed by atoms with van der Waals surface area (Å²) in [6.07, 6.45) is 8.22. The van der Waals surface area contributed by atoms with Gasteiger partial charge < -0.3 is 5.32 Å². The second kappa shape index (κ2) is 8.38. The van der Waals surface area contributed by atoms with E-state index in [0.717, 1.165) is 18.4 Å². The van der Waals surface area contributed by atoms with Crippen LogP contribution in [0.5, 0.6) is 0 Å². The topological polar surface area (TPSA) is 12.0 Å². The van der Waals surface area contributed by atoms with Crippen molar-refractivity contribution in [1.82, 2.24) is 5.32 Å². The predicted molar refractivity (Wildman–Crippen MR) is 95.9 cm³/mol. The minimum Gasteiger partial charge on any atom is -0.310 e. The molecule has 0 spiro atoms. The van der Waals surface area contributed by atoms with Crippen LogP contribution in [-0.2, 0) is 0 Å². The van der Waals surface area contributed by atoms with E-state index in [0.29, 0.717) is 6.04 Å². The Morgan fingerprint density at radius 3 is 2.30 bits per heavy atom. The van der Waals surface area contributed by atoms with Crippen LogP contribution >= 0.6 is 22.6 Å². The molecule has 1 aromatic rings. The lowest BCUT2D eigenvalue weighted by molar-refractivity contribution is 0.219. The maximum Gasteiger partial charge on any atom is 0.0348 e. The smallest absolute Gasteiger partial charge is 0.0348 e. The van der Waals surface area contributed by atoms with Crippen molar-refractivity contribution >= 4 is 22.6 Å². The van der Waals surface area contributed by atoms with Gasteiger partial charge in [-0.15, -0.1) is 0 Å². The molecule has 0 radical (unpaired) electrons. The third-order valence-corrected chi connectivity index (χ3v) is 5.50. The molecular weight excluding hydrogens is 357 g/mol. The Morgan fingerprint density at radius 1 is 1.10 bits per heavy atom. The molecule has 0 heterocycles. The highest BCUT2D eigenvalue weighted by atomic mass is 127. The first-order chi connectivity index (χ1) is 9.74. The summed E-state index contributed by atoms with van der Waals surface area (Å²) >= 11 is 2.39. The van der Waals surface area contributed by atoms with Gasteiger partial charge in [0, 0.05) is 9.61 Å². The third-order valence-electron chi connectivity index (χ3n) is 4.78. The minimum atomic E-state index is 0.560. The van der Waals surface area contributed by atoms with E-state index in [2.05, 4.69) is 66.0 Å². The lowest BCUT2D eigenvalue weighted by Crippen LogP contribution is -2.31. The summed E-state index contributed by atoms with van der Waals surface area (Å²) < 4.78 is 1.33. The van der Waals surface area contributed by atoms with Gasteiger partial charge in [-0.05, 0) is 77.9 Å². The van der Waals surface area contributed by atoms with Crippen LogP contribution in [0.3, 0.4) is 0 Å². The first-order valence-electron chi connectivity index (χ1n) is 8.23. The van der Waals surface area contributed by atoms with Gasteiger partial charge >= 0.3 is 0 Å². The monoisotopic (exact) mass is 385 g/mol. The van der Waals surface area contributed by atoms with Gasteiger partial charge in [-0.2, -0.15) is 0 Å². The highest BCUT2D eigenvalue weighted by Crippen LogP contribution is 2.38. The van der Waals surface area contributed by atoms with Crippen molar-refractivity contribution in [2.45, 2.75) is 58.4 Å². The molecule has 20 heavy (non-hydrogen) atoms. The molecule has 2 rings (SSSR count). The number of nitrogens with one attached hydrogen (secondary N) is 1. The van der Waals surface area contributed by atoms with E-state index in [9.17, 15) is 0 Å². The average molecular weight is 385 g/mol. The van der Waals surface area contributed by atoms with Crippen molar-refractivity contribution in [2.24, 2.45) is 11.8 Å². The molecule has 0 aliphatic heterocycles. The van der Waals surface area contributed by atoms with Crippen molar-refractivity contribution in [1.29, 1.82) is 0 Å². The Labute approximate surface area is 138 Å². The first kappa shape index (κ1) is 16.3. The molecule has 1 N–H and O–H groups in total. The van der Waals surface area contributed by atoms with E-state index in [1.54, 1.807) is 0 Å². The molecule has 1 aromatic carbocycles. The molecule has 1 nitrogen and oxygen atoms in total. The summed E-state index contributed by atoms with van der Waals surface area (Å²) in [4.78, 5) is 0. The van der Waals surface area contributed by atoms with E-state index in [4.69, 9.17) is 0 Å². The van der Waals surface area contributed by atoms with E-state index in [1.165, 1.54) is 47.7 Å². The number of benzene rings is 1. The largest absolute Gasteiger partial charge is 0.310 e. The number of halogens is 1. The second-order valence-corrected chi connectivity index (χ2v) is 7.42. The van der Waals surface area contributed by atoms with Gasteiger partial charge in [-0.1, -0.05) is 45.2 Å². The van der Waals surface area contributed by atoms with Crippen LogP contribution in [0.1, 0.15) is 64.0 Å². The molecule has 112 valence electrons. The molecule has 0 saturated heterocycles. The average Bonchev–Trinajstić information content (AvgIpc) is 2.50. The molecule has 1 saturated carbocycles. The Bertz CT molecular complexity index is 379. The maximum atomic E-state index is 3.81. The van der Waals surface area contributed by atoms with Crippen molar-refractivity contribution in [3.63, 3.8) is 0 Å². The fourth-order valence-electron chi connectivity index (χ4n) is 3.46. The zero-order chi connectivity index (χ0) is 14.4. The van der Waals surface area contributed by atoms with Gasteiger partial charge in [0.2, 0.25) is 0 Å². The van der Waals surface area contributed by atoms with Crippen molar-refractivity contribution in [3.05, 3.63) is 33.4 Å². The lowest BCUT2D eigenvalue weighted by atomic mass is 9.76. The summed E-state index contributed by atoms with van der Waals surface area (Å²) in [6, 6.07) is 9.69. The molecular formula is C18H28IN. The summed E-state index contributed by atoms with van der Waals surface area (Å²) in [5, 5.41) is 3.81. The van der Waals surface area contributed by atoms with Crippen LogP contribution in [0.2, 0.25) is 0 Å². The number of hydrogen-bond acceptors (Lipinski definition) is 1. The lowest BCUT2D eigenvalue weighted by Gasteiger charge is -2.34. The van der Waals surface area contributed by atoms with Gasteiger partial charge in [-0.25, -0.2) is 0 Å². The van der Waals surface area contributed by atoms with Crippen molar-refractivity contribution in [3.8, 4) is 0 Å². The van der Waals surface area contributed by atoms with Crippen molar-refractivity contribution in [2.75, 3.05) is 6.54 Å². The first-order valence-corrected chi connectivity index (χ1v) is 9.31. The highest BCUT2D eigenvalue weighted by Gasteiger charge is 2.27. The molecule has 1 aliphatic rings. The van der Waals surface area contributed by atoms with Crippen LogP contribution in [0.15, 0.2) is 24.3 Å². The molecule has 1 aliphatic carbocycles. The Kier molecular flexibility index (Phi) is 6.82. The SMILES string of the molecule is CCCNC(c1ccc(I)cc1)C1CCC(CC)CC1. The van der Waals surface area contributed by atoms with Gasteiger partial charge in [-0.3, -0.25) is 0 Å². The fraction of sp³-hybridized carbons (Fsp3) is 0.667. The number of hydrogen-bond donors (Lipinski definition) is 1. The normalized spacial score (nSPS) is 24.6. The minimum absolute atomic E-state index is 0.560. The Morgan fingerprint density at radius 2 is 1.75 bits per heavy atom. The summed E-state index contributed by atoms with van der Waals surface area (Å²) in [5.41, 5.74) is 1.49. The molecule has 0 aromatic heterocycles. The van der Waals surface area contributed by atoms with E-state index in [1.807, 2.05) is 0 Å².